The maximum atomic E-state index is 13.8. The number of benzene rings is 2. The van der Waals surface area contributed by atoms with Crippen LogP contribution in [0.4, 0.5) is 4.39 Å². The Bertz CT molecular complexity index is 795. The van der Waals surface area contributed by atoms with Crippen LogP contribution in [0.2, 0.25) is 0 Å². The molecule has 0 fully saturated rings. The van der Waals surface area contributed by atoms with Crippen LogP contribution in [0.3, 0.4) is 0 Å². The fourth-order valence-corrected chi connectivity index (χ4v) is 2.74. The minimum Gasteiger partial charge on any atom is -0.356 e. The Morgan fingerprint density at radius 1 is 1.19 bits per heavy atom. The second-order valence-corrected chi connectivity index (χ2v) is 6.53. The zero-order valence-electron chi connectivity index (χ0n) is 14.8. The maximum Gasteiger partial charge on any atom is 0.251 e. The summed E-state index contributed by atoms with van der Waals surface area (Å²) >= 11 is 3.24. The maximum absolute atomic E-state index is 13.8. The van der Waals surface area contributed by atoms with Crippen LogP contribution < -0.4 is 16.0 Å². The highest BCUT2D eigenvalue weighted by molar-refractivity contribution is 9.10. The summed E-state index contributed by atoms with van der Waals surface area (Å²) in [5, 5.41) is 8.89. The van der Waals surface area contributed by atoms with Crippen molar-refractivity contribution in [3.63, 3.8) is 0 Å². The number of aliphatic imine (C=N–C) groups is 1. The first-order valence-electron chi connectivity index (χ1n) is 8.23. The van der Waals surface area contributed by atoms with Gasteiger partial charge in [0.25, 0.3) is 5.91 Å². The molecule has 5 nitrogen and oxygen atoms in total. The topological polar surface area (TPSA) is 65.5 Å². The van der Waals surface area contributed by atoms with Crippen molar-refractivity contribution < 1.29 is 9.18 Å². The largest absolute Gasteiger partial charge is 0.356 e. The minimum absolute atomic E-state index is 0.103. The quantitative estimate of drug-likeness (QED) is 0.497. The van der Waals surface area contributed by atoms with E-state index in [0.29, 0.717) is 34.6 Å². The van der Waals surface area contributed by atoms with Gasteiger partial charge in [0, 0.05) is 42.8 Å². The number of carbonyl (C=O) groups excluding carboxylic acids is 1. The third-order valence-corrected chi connectivity index (χ3v) is 4.30. The molecule has 138 valence electrons. The molecule has 2 rings (SSSR count). The first-order chi connectivity index (χ1) is 12.5. The third-order valence-electron chi connectivity index (χ3n) is 3.81. The molecule has 0 heterocycles. The second-order valence-electron chi connectivity index (χ2n) is 5.62. The summed E-state index contributed by atoms with van der Waals surface area (Å²) < 4.78 is 14.6. The molecule has 0 aromatic heterocycles. The Kier molecular flexibility index (Phi) is 7.59. The highest BCUT2D eigenvalue weighted by Gasteiger charge is 2.06. The molecule has 3 N–H and O–H groups in total. The molecule has 0 aliphatic carbocycles. The van der Waals surface area contributed by atoms with Gasteiger partial charge in [-0.15, -0.1) is 0 Å². The van der Waals surface area contributed by atoms with E-state index < -0.39 is 0 Å². The van der Waals surface area contributed by atoms with Gasteiger partial charge in [-0.05, 0) is 36.2 Å². The van der Waals surface area contributed by atoms with E-state index in [2.05, 4.69) is 36.9 Å². The van der Waals surface area contributed by atoms with Crippen LogP contribution in [0, 0.1) is 5.82 Å². The van der Waals surface area contributed by atoms with Crippen molar-refractivity contribution in [2.45, 2.75) is 13.0 Å². The molecule has 2 aromatic carbocycles. The van der Waals surface area contributed by atoms with Gasteiger partial charge >= 0.3 is 0 Å². The molecular formula is C19H22BrFN4O. The third kappa shape index (κ3) is 5.84. The van der Waals surface area contributed by atoms with E-state index in [0.717, 1.165) is 12.0 Å². The first-order valence-corrected chi connectivity index (χ1v) is 9.02. The van der Waals surface area contributed by atoms with Crippen molar-refractivity contribution in [1.82, 2.24) is 16.0 Å². The van der Waals surface area contributed by atoms with Crippen LogP contribution in [-0.2, 0) is 13.0 Å². The summed E-state index contributed by atoms with van der Waals surface area (Å²) in [4.78, 5) is 15.8. The lowest BCUT2D eigenvalue weighted by molar-refractivity contribution is 0.0963. The van der Waals surface area contributed by atoms with Crippen LogP contribution in [0.15, 0.2) is 51.9 Å². The number of hydrogen-bond donors (Lipinski definition) is 3. The van der Waals surface area contributed by atoms with Gasteiger partial charge in [-0.1, -0.05) is 34.1 Å². The predicted octanol–water partition coefficient (Wildman–Crippen LogP) is 2.86. The summed E-state index contributed by atoms with van der Waals surface area (Å²) in [6, 6.07) is 12.5. The van der Waals surface area contributed by atoms with Crippen molar-refractivity contribution in [1.29, 1.82) is 0 Å². The van der Waals surface area contributed by atoms with Crippen molar-refractivity contribution in [2.24, 2.45) is 4.99 Å². The van der Waals surface area contributed by atoms with Gasteiger partial charge in [0.05, 0.1) is 0 Å². The molecule has 0 unspecified atom stereocenters. The van der Waals surface area contributed by atoms with Gasteiger partial charge in [-0.25, -0.2) is 4.39 Å². The van der Waals surface area contributed by atoms with E-state index in [1.165, 1.54) is 6.07 Å². The molecule has 0 spiro atoms. The number of halogens is 2. The summed E-state index contributed by atoms with van der Waals surface area (Å²) in [6.45, 7) is 0.977. The summed E-state index contributed by atoms with van der Waals surface area (Å²) in [7, 11) is 3.28. The average molecular weight is 421 g/mol. The van der Waals surface area contributed by atoms with Crippen molar-refractivity contribution in [3.8, 4) is 0 Å². The number of guanidine groups is 1. The van der Waals surface area contributed by atoms with Crippen LogP contribution in [0.25, 0.3) is 0 Å². The number of rotatable bonds is 6. The van der Waals surface area contributed by atoms with Gasteiger partial charge in [-0.2, -0.15) is 0 Å². The molecule has 7 heteroatoms. The summed E-state index contributed by atoms with van der Waals surface area (Å²) in [5.74, 6) is 0.219. The SMILES string of the molecule is CN=C(NCCc1cccc(C(=O)NC)c1)NCc1ccc(Br)cc1F. The molecule has 0 bridgehead atoms. The fourth-order valence-electron chi connectivity index (χ4n) is 2.40. The van der Waals surface area contributed by atoms with Crippen LogP contribution >= 0.6 is 15.9 Å². The van der Waals surface area contributed by atoms with Gasteiger partial charge in [0.2, 0.25) is 0 Å². The predicted molar refractivity (Wildman–Crippen MR) is 106 cm³/mol. The number of carbonyl (C=O) groups is 1. The van der Waals surface area contributed by atoms with Crippen molar-refractivity contribution in [2.75, 3.05) is 20.6 Å². The van der Waals surface area contributed by atoms with Gasteiger partial charge in [-0.3, -0.25) is 9.79 Å². The molecule has 2 aromatic rings. The summed E-state index contributed by atoms with van der Waals surface area (Å²) in [6.07, 6.45) is 0.734. The highest BCUT2D eigenvalue weighted by Crippen LogP contribution is 2.15. The van der Waals surface area contributed by atoms with Gasteiger partial charge in [0.15, 0.2) is 5.96 Å². The standard InChI is InChI=1S/C19H22BrFN4O/c1-22-18(26)14-5-3-4-13(10-14)8-9-24-19(23-2)25-12-15-6-7-16(20)11-17(15)21/h3-7,10-11H,8-9,12H2,1-2H3,(H,22,26)(H2,23,24,25). The fraction of sp³-hybridized carbons (Fsp3) is 0.263. The van der Waals surface area contributed by atoms with Crippen LogP contribution in [0.5, 0.6) is 0 Å². The Labute approximate surface area is 161 Å². The van der Waals surface area contributed by atoms with E-state index in [4.69, 9.17) is 0 Å². The van der Waals surface area contributed by atoms with Crippen molar-refractivity contribution in [3.05, 3.63) is 69.4 Å². The minimum atomic E-state index is -0.270. The van der Waals surface area contributed by atoms with Crippen LogP contribution in [0.1, 0.15) is 21.5 Å². The number of amides is 1. The first kappa shape index (κ1) is 19.9. The van der Waals surface area contributed by atoms with Gasteiger partial charge in [0.1, 0.15) is 5.82 Å². The van der Waals surface area contributed by atoms with Crippen molar-refractivity contribution >= 4 is 27.8 Å². The molecule has 0 aliphatic heterocycles. The molecule has 0 saturated heterocycles. The Hall–Kier alpha value is -2.41. The Balaban J connectivity index is 1.84. The lowest BCUT2D eigenvalue weighted by Crippen LogP contribution is -2.38. The smallest absolute Gasteiger partial charge is 0.251 e. The molecule has 0 aliphatic rings. The van der Waals surface area contributed by atoms with E-state index in [1.807, 2.05) is 18.2 Å². The van der Waals surface area contributed by atoms with E-state index >= 15 is 0 Å². The Morgan fingerprint density at radius 3 is 2.69 bits per heavy atom. The van der Waals surface area contributed by atoms with Gasteiger partial charge < -0.3 is 16.0 Å². The molecule has 0 atom stereocenters. The number of nitrogens with one attached hydrogen (secondary N) is 3. The molecule has 0 saturated carbocycles. The van der Waals surface area contributed by atoms with E-state index in [-0.39, 0.29) is 11.7 Å². The Morgan fingerprint density at radius 2 is 2.00 bits per heavy atom. The monoisotopic (exact) mass is 420 g/mol. The number of nitrogens with zero attached hydrogens (tertiary/aromatic N) is 1. The lowest BCUT2D eigenvalue weighted by atomic mass is 10.1. The molecule has 26 heavy (non-hydrogen) atoms. The zero-order valence-corrected chi connectivity index (χ0v) is 16.4. The van der Waals surface area contributed by atoms with Crippen LogP contribution in [-0.4, -0.2) is 32.5 Å². The molecular weight excluding hydrogens is 399 g/mol. The highest BCUT2D eigenvalue weighted by atomic mass is 79.9. The zero-order chi connectivity index (χ0) is 18.9. The number of hydrogen-bond acceptors (Lipinski definition) is 2. The average Bonchev–Trinajstić information content (AvgIpc) is 2.65. The normalized spacial score (nSPS) is 11.2. The molecule has 0 radical (unpaired) electrons. The van der Waals surface area contributed by atoms with E-state index in [9.17, 15) is 9.18 Å². The summed E-state index contributed by atoms with van der Waals surface area (Å²) in [5.41, 5.74) is 2.25. The second kappa shape index (κ2) is 9.91. The van der Waals surface area contributed by atoms with E-state index in [1.54, 1.807) is 32.3 Å². The lowest BCUT2D eigenvalue weighted by Gasteiger charge is -2.13. The molecule has 1 amide bonds.